The predicted molar refractivity (Wildman–Crippen MR) is 102 cm³/mol. The van der Waals surface area contributed by atoms with Crippen molar-refractivity contribution in [1.29, 1.82) is 0 Å². The molecule has 0 atom stereocenters. The van der Waals surface area contributed by atoms with Crippen molar-refractivity contribution < 1.29 is 8.42 Å². The van der Waals surface area contributed by atoms with E-state index in [4.69, 9.17) is 0 Å². The van der Waals surface area contributed by atoms with E-state index < -0.39 is 10.0 Å². The van der Waals surface area contributed by atoms with Crippen LogP contribution in [0.15, 0.2) is 35.2 Å². The summed E-state index contributed by atoms with van der Waals surface area (Å²) in [7, 11) is -3.54. The van der Waals surface area contributed by atoms with Crippen LogP contribution in [-0.4, -0.2) is 24.7 Å². The maximum atomic E-state index is 12.7. The lowest BCUT2D eigenvalue weighted by Crippen LogP contribution is -2.25. The van der Waals surface area contributed by atoms with Gasteiger partial charge in [-0.05, 0) is 32.4 Å². The molecule has 0 aliphatic heterocycles. The molecule has 2 rings (SSSR count). The van der Waals surface area contributed by atoms with Crippen molar-refractivity contribution >= 4 is 10.0 Å². The van der Waals surface area contributed by atoms with Crippen LogP contribution in [0.3, 0.4) is 0 Å². The van der Waals surface area contributed by atoms with E-state index >= 15 is 0 Å². The van der Waals surface area contributed by atoms with E-state index in [1.165, 1.54) is 25.7 Å². The second kappa shape index (κ2) is 9.15. The van der Waals surface area contributed by atoms with Gasteiger partial charge in [-0.3, -0.25) is 0 Å². The highest BCUT2D eigenvalue weighted by molar-refractivity contribution is 7.89. The molecule has 0 saturated carbocycles. The van der Waals surface area contributed by atoms with Gasteiger partial charge in [-0.25, -0.2) is 17.8 Å². The van der Waals surface area contributed by atoms with Gasteiger partial charge in [-0.1, -0.05) is 57.2 Å². The van der Waals surface area contributed by atoms with Crippen LogP contribution in [0.5, 0.6) is 0 Å². The summed E-state index contributed by atoms with van der Waals surface area (Å²) in [5.74, 6) is 0. The number of nitrogens with zero attached hydrogens (tertiary/aromatic N) is 2. The summed E-state index contributed by atoms with van der Waals surface area (Å²) in [4.78, 5) is 0.294. The van der Waals surface area contributed by atoms with Crippen LogP contribution < -0.4 is 4.72 Å². The molecule has 0 bridgehead atoms. The Morgan fingerprint density at radius 2 is 1.64 bits per heavy atom. The molecule has 0 unspecified atom stereocenters. The Bertz CT molecular complexity index is 767. The Labute approximate surface area is 151 Å². The van der Waals surface area contributed by atoms with Crippen molar-refractivity contribution in [2.75, 3.05) is 6.54 Å². The van der Waals surface area contributed by atoms with Gasteiger partial charge in [-0.15, -0.1) is 0 Å². The first-order valence-corrected chi connectivity index (χ1v) is 10.6. The van der Waals surface area contributed by atoms with E-state index in [1.807, 2.05) is 30.3 Å². The van der Waals surface area contributed by atoms with E-state index in [2.05, 4.69) is 16.7 Å². The summed E-state index contributed by atoms with van der Waals surface area (Å²) in [6.45, 7) is 6.20. The molecule has 0 spiro atoms. The van der Waals surface area contributed by atoms with Crippen LogP contribution in [0.1, 0.15) is 56.8 Å². The van der Waals surface area contributed by atoms with Crippen molar-refractivity contribution in [3.05, 3.63) is 41.7 Å². The summed E-state index contributed by atoms with van der Waals surface area (Å²) in [6, 6.07) is 9.58. The summed E-state index contributed by atoms with van der Waals surface area (Å²) < 4.78 is 29.8. The molecule has 1 aromatic heterocycles. The van der Waals surface area contributed by atoms with Crippen LogP contribution in [0.25, 0.3) is 5.69 Å². The molecule has 0 radical (unpaired) electrons. The molecule has 0 amide bonds. The zero-order valence-corrected chi connectivity index (χ0v) is 16.3. The van der Waals surface area contributed by atoms with Gasteiger partial charge in [0.1, 0.15) is 4.90 Å². The average molecular weight is 364 g/mol. The number of para-hydroxylation sites is 1. The lowest BCUT2D eigenvalue weighted by Gasteiger charge is -2.08. The fourth-order valence-corrected chi connectivity index (χ4v) is 4.48. The van der Waals surface area contributed by atoms with Gasteiger partial charge in [-0.2, -0.15) is 5.10 Å². The van der Waals surface area contributed by atoms with Crippen LogP contribution in [-0.2, 0) is 10.0 Å². The molecule has 2 aromatic rings. The highest BCUT2D eigenvalue weighted by Gasteiger charge is 2.24. The second-order valence-electron chi connectivity index (χ2n) is 6.41. The molecule has 138 valence electrons. The van der Waals surface area contributed by atoms with Gasteiger partial charge in [0.2, 0.25) is 10.0 Å². The number of hydrogen-bond donors (Lipinski definition) is 1. The molecule has 1 N–H and O–H groups in total. The lowest BCUT2D eigenvalue weighted by atomic mass is 10.1. The second-order valence-corrected chi connectivity index (χ2v) is 8.12. The quantitative estimate of drug-likeness (QED) is 0.646. The third kappa shape index (κ3) is 5.16. The van der Waals surface area contributed by atoms with Crippen LogP contribution in [0.4, 0.5) is 0 Å². The molecular weight excluding hydrogens is 334 g/mol. The summed E-state index contributed by atoms with van der Waals surface area (Å²) in [5.41, 5.74) is 2.02. The number of sulfonamides is 1. The highest BCUT2D eigenvalue weighted by atomic mass is 32.2. The molecule has 25 heavy (non-hydrogen) atoms. The van der Waals surface area contributed by atoms with Gasteiger partial charge < -0.3 is 0 Å². The fourth-order valence-electron chi connectivity index (χ4n) is 3.02. The normalized spacial score (nSPS) is 11.8. The molecule has 0 aliphatic rings. The predicted octanol–water partition coefficient (Wildman–Crippen LogP) is 4.13. The molecule has 0 aliphatic carbocycles. The Morgan fingerprint density at radius 1 is 1.00 bits per heavy atom. The van der Waals surface area contributed by atoms with Gasteiger partial charge in [0, 0.05) is 6.54 Å². The number of benzene rings is 1. The van der Waals surface area contributed by atoms with E-state index in [0.29, 0.717) is 22.8 Å². The van der Waals surface area contributed by atoms with Crippen molar-refractivity contribution in [3.8, 4) is 5.69 Å². The molecule has 6 heteroatoms. The third-order valence-corrected chi connectivity index (χ3v) is 6.03. The summed E-state index contributed by atoms with van der Waals surface area (Å²) >= 11 is 0. The number of rotatable bonds is 10. The topological polar surface area (TPSA) is 64.0 Å². The molecule has 5 nitrogen and oxygen atoms in total. The Hall–Kier alpha value is -1.66. The zero-order valence-electron chi connectivity index (χ0n) is 15.5. The average Bonchev–Trinajstić information content (AvgIpc) is 2.90. The van der Waals surface area contributed by atoms with Gasteiger partial charge >= 0.3 is 0 Å². The van der Waals surface area contributed by atoms with Gasteiger partial charge in [0.25, 0.3) is 0 Å². The molecule has 1 heterocycles. The Morgan fingerprint density at radius 3 is 2.32 bits per heavy atom. The number of hydrogen-bond acceptors (Lipinski definition) is 3. The number of aromatic nitrogens is 2. The first-order valence-electron chi connectivity index (χ1n) is 9.08. The maximum Gasteiger partial charge on any atom is 0.244 e. The first kappa shape index (κ1) is 19.7. The number of unbranched alkanes of at least 4 members (excludes halogenated alkanes) is 5. The van der Waals surface area contributed by atoms with Crippen LogP contribution >= 0.6 is 0 Å². The van der Waals surface area contributed by atoms with Gasteiger partial charge in [0.05, 0.1) is 17.1 Å². The highest BCUT2D eigenvalue weighted by Crippen LogP contribution is 2.22. The van der Waals surface area contributed by atoms with Crippen LogP contribution in [0, 0.1) is 13.8 Å². The molecule has 0 saturated heterocycles. The standard InChI is InChI=1S/C19H29N3O2S/c1-4-5-6-7-8-12-15-20-25(23,24)19-16(2)21-22(17(19)3)18-13-10-9-11-14-18/h9-11,13-14,20H,4-8,12,15H2,1-3H3. The largest absolute Gasteiger partial charge is 0.244 e. The van der Waals surface area contributed by atoms with Crippen LogP contribution in [0.2, 0.25) is 0 Å². The van der Waals surface area contributed by atoms with Gasteiger partial charge in [0.15, 0.2) is 0 Å². The van der Waals surface area contributed by atoms with Crippen molar-refractivity contribution in [2.45, 2.75) is 64.2 Å². The minimum absolute atomic E-state index is 0.294. The molecular formula is C19H29N3O2S. The van der Waals surface area contributed by atoms with Crippen molar-refractivity contribution in [2.24, 2.45) is 0 Å². The van der Waals surface area contributed by atoms with Crippen molar-refractivity contribution in [3.63, 3.8) is 0 Å². The van der Waals surface area contributed by atoms with E-state index in [0.717, 1.165) is 18.5 Å². The number of aryl methyl sites for hydroxylation is 1. The Kier molecular flexibility index (Phi) is 7.20. The lowest BCUT2D eigenvalue weighted by molar-refractivity contribution is 0.566. The third-order valence-electron chi connectivity index (χ3n) is 4.32. The smallest absolute Gasteiger partial charge is 0.236 e. The zero-order chi connectivity index (χ0) is 18.3. The summed E-state index contributed by atoms with van der Waals surface area (Å²) in [6.07, 6.45) is 6.79. The number of nitrogens with one attached hydrogen (secondary N) is 1. The molecule has 1 aromatic carbocycles. The summed E-state index contributed by atoms with van der Waals surface area (Å²) in [5, 5.41) is 4.42. The van der Waals surface area contributed by atoms with E-state index in [9.17, 15) is 8.42 Å². The maximum absolute atomic E-state index is 12.7. The van der Waals surface area contributed by atoms with Crippen molar-refractivity contribution in [1.82, 2.24) is 14.5 Å². The fraction of sp³-hybridized carbons (Fsp3) is 0.526. The van der Waals surface area contributed by atoms with E-state index in [1.54, 1.807) is 18.5 Å². The minimum Gasteiger partial charge on any atom is -0.236 e. The van der Waals surface area contributed by atoms with E-state index in [-0.39, 0.29) is 0 Å². The monoisotopic (exact) mass is 363 g/mol. The Balaban J connectivity index is 2.03. The SMILES string of the molecule is CCCCCCCCNS(=O)(=O)c1c(C)nn(-c2ccccc2)c1C. The first-order chi connectivity index (χ1) is 12.0. The molecule has 0 fully saturated rings. The minimum atomic E-state index is -3.54.